The zero-order valence-electron chi connectivity index (χ0n) is 11.9. The van der Waals surface area contributed by atoms with E-state index in [0.717, 1.165) is 45.3 Å². The van der Waals surface area contributed by atoms with Crippen molar-refractivity contribution >= 4 is 5.91 Å². The first kappa shape index (κ1) is 14.5. The van der Waals surface area contributed by atoms with Gasteiger partial charge in [0, 0.05) is 13.1 Å². The summed E-state index contributed by atoms with van der Waals surface area (Å²) in [5, 5.41) is 3.43. The molecule has 100 valence electrons. The molecule has 2 unspecified atom stereocenters. The van der Waals surface area contributed by atoms with E-state index in [1.807, 2.05) is 4.90 Å². The van der Waals surface area contributed by atoms with Gasteiger partial charge in [0.15, 0.2) is 0 Å². The van der Waals surface area contributed by atoms with Crippen LogP contribution >= 0.6 is 0 Å². The summed E-state index contributed by atoms with van der Waals surface area (Å²) < 4.78 is 0. The molecule has 0 aromatic rings. The molecule has 0 aliphatic carbocycles. The Labute approximate surface area is 106 Å². The third kappa shape index (κ3) is 3.21. The second-order valence-electron chi connectivity index (χ2n) is 5.32. The molecule has 1 rings (SSSR count). The number of hydrogen-bond acceptors (Lipinski definition) is 2. The van der Waals surface area contributed by atoms with E-state index in [9.17, 15) is 4.79 Å². The highest BCUT2D eigenvalue weighted by Crippen LogP contribution is 2.26. The maximum absolute atomic E-state index is 12.6. The summed E-state index contributed by atoms with van der Waals surface area (Å²) in [6, 6.07) is 0. The number of likely N-dealkylation sites (N-methyl/N-ethyl adjacent to an activating group) is 1. The summed E-state index contributed by atoms with van der Waals surface area (Å²) in [4.78, 5) is 14.7. The van der Waals surface area contributed by atoms with Gasteiger partial charge in [0.2, 0.25) is 5.91 Å². The topological polar surface area (TPSA) is 32.3 Å². The van der Waals surface area contributed by atoms with Crippen LogP contribution in [-0.4, -0.2) is 36.0 Å². The minimum absolute atomic E-state index is 0.260. The van der Waals surface area contributed by atoms with Gasteiger partial charge in [-0.1, -0.05) is 27.2 Å². The summed E-state index contributed by atoms with van der Waals surface area (Å²) in [5.41, 5.74) is -0.260. The van der Waals surface area contributed by atoms with Crippen LogP contribution in [0, 0.1) is 5.92 Å². The fraction of sp³-hybridized carbons (Fsp3) is 0.929. The fourth-order valence-electron chi connectivity index (χ4n) is 2.61. The van der Waals surface area contributed by atoms with Crippen molar-refractivity contribution in [1.82, 2.24) is 10.2 Å². The van der Waals surface area contributed by atoms with Crippen LogP contribution in [0.15, 0.2) is 0 Å². The standard InChI is InChI=1S/C14H28N2O/c1-5-12(4)11-16(7-3)13(17)14(6-2)9-8-10-15-14/h12,15H,5-11H2,1-4H3. The Morgan fingerprint density at radius 1 is 1.41 bits per heavy atom. The van der Waals surface area contributed by atoms with E-state index in [4.69, 9.17) is 0 Å². The number of rotatable bonds is 6. The minimum Gasteiger partial charge on any atom is -0.341 e. The smallest absolute Gasteiger partial charge is 0.242 e. The summed E-state index contributed by atoms with van der Waals surface area (Å²) >= 11 is 0. The van der Waals surface area contributed by atoms with Gasteiger partial charge in [0.25, 0.3) is 0 Å². The molecule has 0 saturated carbocycles. The van der Waals surface area contributed by atoms with Gasteiger partial charge < -0.3 is 10.2 Å². The van der Waals surface area contributed by atoms with Crippen LogP contribution in [0.1, 0.15) is 53.4 Å². The summed E-state index contributed by atoms with van der Waals surface area (Å²) in [6.45, 7) is 11.3. The first-order valence-corrected chi connectivity index (χ1v) is 7.14. The molecule has 3 nitrogen and oxygen atoms in total. The summed E-state index contributed by atoms with van der Waals surface area (Å²) in [6.07, 6.45) is 4.17. The molecule has 0 spiro atoms. The molecule has 1 amide bonds. The molecule has 1 N–H and O–H groups in total. The highest BCUT2D eigenvalue weighted by Gasteiger charge is 2.41. The SMILES string of the molecule is CCC(C)CN(CC)C(=O)C1(CC)CCCN1. The number of carbonyl (C=O) groups is 1. The van der Waals surface area contributed by atoms with Crippen LogP contribution in [0.4, 0.5) is 0 Å². The predicted molar refractivity (Wildman–Crippen MR) is 72.0 cm³/mol. The molecule has 17 heavy (non-hydrogen) atoms. The maximum Gasteiger partial charge on any atom is 0.242 e. The van der Waals surface area contributed by atoms with E-state index in [0.29, 0.717) is 11.8 Å². The van der Waals surface area contributed by atoms with E-state index < -0.39 is 0 Å². The van der Waals surface area contributed by atoms with Gasteiger partial charge in [-0.3, -0.25) is 4.79 Å². The number of carbonyl (C=O) groups excluding carboxylic acids is 1. The average molecular weight is 240 g/mol. The predicted octanol–water partition coefficient (Wildman–Crippen LogP) is 2.41. The van der Waals surface area contributed by atoms with E-state index >= 15 is 0 Å². The fourth-order valence-corrected chi connectivity index (χ4v) is 2.61. The van der Waals surface area contributed by atoms with Gasteiger partial charge >= 0.3 is 0 Å². The molecule has 0 radical (unpaired) electrons. The monoisotopic (exact) mass is 240 g/mol. The molecule has 1 fully saturated rings. The van der Waals surface area contributed by atoms with Crippen LogP contribution in [0.5, 0.6) is 0 Å². The van der Waals surface area contributed by atoms with Crippen molar-refractivity contribution in [3.63, 3.8) is 0 Å². The van der Waals surface area contributed by atoms with Crippen LogP contribution in [0.2, 0.25) is 0 Å². The lowest BCUT2D eigenvalue weighted by molar-refractivity contribution is -0.138. The van der Waals surface area contributed by atoms with Crippen LogP contribution in [0.25, 0.3) is 0 Å². The van der Waals surface area contributed by atoms with Gasteiger partial charge in [-0.2, -0.15) is 0 Å². The Morgan fingerprint density at radius 3 is 2.53 bits per heavy atom. The number of amides is 1. The van der Waals surface area contributed by atoms with Gasteiger partial charge in [0.05, 0.1) is 5.54 Å². The Kier molecular flexibility index (Phi) is 5.44. The Balaban J connectivity index is 2.70. The second kappa shape index (κ2) is 6.39. The zero-order chi connectivity index (χ0) is 12.9. The molecule has 1 heterocycles. The van der Waals surface area contributed by atoms with Gasteiger partial charge in [-0.25, -0.2) is 0 Å². The highest BCUT2D eigenvalue weighted by molar-refractivity contribution is 5.86. The molecule has 0 aromatic carbocycles. The van der Waals surface area contributed by atoms with Crippen LogP contribution in [-0.2, 0) is 4.79 Å². The van der Waals surface area contributed by atoms with Crippen molar-refractivity contribution in [3.8, 4) is 0 Å². The Morgan fingerprint density at radius 2 is 2.12 bits per heavy atom. The molecular weight excluding hydrogens is 212 g/mol. The van der Waals surface area contributed by atoms with Crippen molar-refractivity contribution in [2.75, 3.05) is 19.6 Å². The normalized spacial score (nSPS) is 25.9. The van der Waals surface area contributed by atoms with Crippen LogP contribution in [0.3, 0.4) is 0 Å². The molecular formula is C14H28N2O. The van der Waals surface area contributed by atoms with Gasteiger partial charge in [0.1, 0.15) is 0 Å². The summed E-state index contributed by atoms with van der Waals surface area (Å²) in [7, 11) is 0. The molecule has 1 aliphatic rings. The largest absolute Gasteiger partial charge is 0.341 e. The molecule has 1 saturated heterocycles. The Hall–Kier alpha value is -0.570. The lowest BCUT2D eigenvalue weighted by Crippen LogP contribution is -2.55. The van der Waals surface area contributed by atoms with E-state index in [2.05, 4.69) is 33.0 Å². The number of nitrogens with zero attached hydrogens (tertiary/aromatic N) is 1. The highest BCUT2D eigenvalue weighted by atomic mass is 16.2. The average Bonchev–Trinajstić information content (AvgIpc) is 2.84. The third-order valence-electron chi connectivity index (χ3n) is 4.15. The number of nitrogens with one attached hydrogen (secondary N) is 1. The van der Waals surface area contributed by atoms with Crippen molar-refractivity contribution in [3.05, 3.63) is 0 Å². The van der Waals surface area contributed by atoms with Crippen molar-refractivity contribution in [1.29, 1.82) is 0 Å². The van der Waals surface area contributed by atoms with Crippen LogP contribution < -0.4 is 5.32 Å². The Bertz CT molecular complexity index is 247. The molecule has 3 heteroatoms. The first-order chi connectivity index (χ1) is 8.09. The lowest BCUT2D eigenvalue weighted by Gasteiger charge is -2.34. The second-order valence-corrected chi connectivity index (χ2v) is 5.32. The summed E-state index contributed by atoms with van der Waals surface area (Å²) in [5.74, 6) is 0.912. The van der Waals surface area contributed by atoms with E-state index in [-0.39, 0.29) is 5.54 Å². The third-order valence-corrected chi connectivity index (χ3v) is 4.15. The lowest BCUT2D eigenvalue weighted by atomic mass is 9.92. The van der Waals surface area contributed by atoms with Crippen molar-refractivity contribution < 1.29 is 4.79 Å². The quantitative estimate of drug-likeness (QED) is 0.773. The molecule has 1 aliphatic heterocycles. The van der Waals surface area contributed by atoms with Gasteiger partial charge in [-0.05, 0) is 38.6 Å². The van der Waals surface area contributed by atoms with E-state index in [1.54, 1.807) is 0 Å². The van der Waals surface area contributed by atoms with Gasteiger partial charge in [-0.15, -0.1) is 0 Å². The zero-order valence-corrected chi connectivity index (χ0v) is 11.9. The molecule has 0 bridgehead atoms. The van der Waals surface area contributed by atoms with Crippen molar-refractivity contribution in [2.45, 2.75) is 58.9 Å². The van der Waals surface area contributed by atoms with E-state index in [1.165, 1.54) is 0 Å². The maximum atomic E-state index is 12.6. The number of hydrogen-bond donors (Lipinski definition) is 1. The van der Waals surface area contributed by atoms with Crippen molar-refractivity contribution in [2.24, 2.45) is 5.92 Å². The first-order valence-electron chi connectivity index (χ1n) is 7.14. The molecule has 0 aromatic heterocycles. The minimum atomic E-state index is -0.260. The molecule has 2 atom stereocenters.